The minimum absolute atomic E-state index is 0.341. The van der Waals surface area contributed by atoms with Crippen LogP contribution in [0.2, 0.25) is 0 Å². The van der Waals surface area contributed by atoms with Gasteiger partial charge < -0.3 is 9.64 Å². The van der Waals surface area contributed by atoms with Crippen molar-refractivity contribution in [1.29, 1.82) is 0 Å². The number of ether oxygens (including phenoxy) is 1. The average Bonchev–Trinajstić information content (AvgIpc) is 2.38. The Hall–Kier alpha value is -1.58. The predicted octanol–water partition coefficient (Wildman–Crippen LogP) is 2.04. The standard InChI is InChI=1S/C13H18N2O2/c1-2-10-17-12-4-3-7-14-13(12)15-8-5-11(16)6-9-15/h3-4,7H,2,5-6,8-10H2,1H3. The number of hydrogen-bond acceptors (Lipinski definition) is 4. The van der Waals surface area contributed by atoms with Gasteiger partial charge in [0.25, 0.3) is 0 Å². The molecular formula is C13H18N2O2. The molecule has 0 saturated carbocycles. The van der Waals surface area contributed by atoms with Crippen LogP contribution in [0.25, 0.3) is 0 Å². The van der Waals surface area contributed by atoms with E-state index >= 15 is 0 Å². The van der Waals surface area contributed by atoms with Gasteiger partial charge in [0.1, 0.15) is 5.78 Å². The molecule has 0 N–H and O–H groups in total. The second kappa shape index (κ2) is 5.66. The zero-order valence-corrected chi connectivity index (χ0v) is 10.2. The van der Waals surface area contributed by atoms with Gasteiger partial charge in [0, 0.05) is 32.1 Å². The number of anilines is 1. The fraction of sp³-hybridized carbons (Fsp3) is 0.538. The zero-order valence-electron chi connectivity index (χ0n) is 10.2. The van der Waals surface area contributed by atoms with E-state index in [9.17, 15) is 4.79 Å². The molecule has 1 aromatic rings. The maximum absolute atomic E-state index is 11.2. The van der Waals surface area contributed by atoms with E-state index in [0.29, 0.717) is 25.2 Å². The van der Waals surface area contributed by atoms with Crippen molar-refractivity contribution < 1.29 is 9.53 Å². The molecule has 17 heavy (non-hydrogen) atoms. The average molecular weight is 234 g/mol. The summed E-state index contributed by atoms with van der Waals surface area (Å²) in [5.74, 6) is 2.03. The Morgan fingerprint density at radius 2 is 2.18 bits per heavy atom. The van der Waals surface area contributed by atoms with Gasteiger partial charge in [-0.15, -0.1) is 0 Å². The minimum Gasteiger partial charge on any atom is -0.490 e. The van der Waals surface area contributed by atoms with Crippen LogP contribution in [0.4, 0.5) is 5.82 Å². The molecule has 0 bridgehead atoms. The second-order valence-corrected chi connectivity index (χ2v) is 4.20. The third-order valence-corrected chi connectivity index (χ3v) is 2.83. The van der Waals surface area contributed by atoms with E-state index in [1.807, 2.05) is 12.1 Å². The SMILES string of the molecule is CCCOc1cccnc1N1CCC(=O)CC1. The molecule has 0 unspecified atom stereocenters. The van der Waals surface area contributed by atoms with Crippen LogP contribution in [0.15, 0.2) is 18.3 Å². The summed E-state index contributed by atoms with van der Waals surface area (Å²) in [6, 6.07) is 3.82. The summed E-state index contributed by atoms with van der Waals surface area (Å²) < 4.78 is 5.68. The largest absolute Gasteiger partial charge is 0.490 e. The zero-order chi connectivity index (χ0) is 12.1. The van der Waals surface area contributed by atoms with Gasteiger partial charge in [0.2, 0.25) is 0 Å². The number of piperidine rings is 1. The van der Waals surface area contributed by atoms with Gasteiger partial charge in [-0.3, -0.25) is 4.79 Å². The molecule has 2 rings (SSSR count). The quantitative estimate of drug-likeness (QED) is 0.799. The second-order valence-electron chi connectivity index (χ2n) is 4.20. The number of ketones is 1. The van der Waals surface area contributed by atoms with Gasteiger partial charge in [0.15, 0.2) is 11.6 Å². The van der Waals surface area contributed by atoms with E-state index in [0.717, 1.165) is 31.1 Å². The molecule has 1 saturated heterocycles. The Morgan fingerprint density at radius 3 is 2.88 bits per heavy atom. The topological polar surface area (TPSA) is 42.4 Å². The number of carbonyl (C=O) groups is 1. The molecule has 4 nitrogen and oxygen atoms in total. The van der Waals surface area contributed by atoms with Crippen molar-refractivity contribution in [3.8, 4) is 5.75 Å². The summed E-state index contributed by atoms with van der Waals surface area (Å²) in [5, 5.41) is 0. The van der Waals surface area contributed by atoms with Gasteiger partial charge in [-0.05, 0) is 18.6 Å². The highest BCUT2D eigenvalue weighted by molar-refractivity contribution is 5.81. The van der Waals surface area contributed by atoms with Crippen LogP contribution in [0.3, 0.4) is 0 Å². The molecule has 2 heterocycles. The van der Waals surface area contributed by atoms with E-state index in [1.165, 1.54) is 0 Å². The Balaban J connectivity index is 2.10. The maximum Gasteiger partial charge on any atom is 0.171 e. The molecule has 1 aromatic heterocycles. The summed E-state index contributed by atoms with van der Waals surface area (Å²) in [4.78, 5) is 17.7. The Morgan fingerprint density at radius 1 is 1.41 bits per heavy atom. The summed E-state index contributed by atoms with van der Waals surface area (Å²) in [7, 11) is 0. The van der Waals surface area contributed by atoms with Gasteiger partial charge in [-0.2, -0.15) is 0 Å². The van der Waals surface area contributed by atoms with Crippen molar-refractivity contribution in [3.63, 3.8) is 0 Å². The smallest absolute Gasteiger partial charge is 0.171 e. The lowest BCUT2D eigenvalue weighted by atomic mass is 10.1. The first-order valence-electron chi connectivity index (χ1n) is 6.15. The van der Waals surface area contributed by atoms with E-state index in [1.54, 1.807) is 6.20 Å². The molecule has 1 aliphatic heterocycles. The Bertz CT molecular complexity index is 383. The fourth-order valence-electron chi connectivity index (χ4n) is 1.91. The summed E-state index contributed by atoms with van der Waals surface area (Å²) in [6.45, 7) is 4.28. The lowest BCUT2D eigenvalue weighted by molar-refractivity contribution is -0.119. The lowest BCUT2D eigenvalue weighted by Crippen LogP contribution is -2.34. The number of nitrogens with zero attached hydrogens (tertiary/aromatic N) is 2. The monoisotopic (exact) mass is 234 g/mol. The van der Waals surface area contributed by atoms with E-state index in [-0.39, 0.29) is 0 Å². The third kappa shape index (κ3) is 2.96. The van der Waals surface area contributed by atoms with Crippen LogP contribution in [-0.2, 0) is 4.79 Å². The predicted molar refractivity (Wildman–Crippen MR) is 66.5 cm³/mol. The van der Waals surface area contributed by atoms with Gasteiger partial charge in [-0.1, -0.05) is 6.92 Å². The normalized spacial score (nSPS) is 16.1. The molecule has 0 radical (unpaired) electrons. The van der Waals surface area contributed by atoms with Crippen LogP contribution in [0.1, 0.15) is 26.2 Å². The number of Topliss-reactive ketones (excluding diaryl/α,β-unsaturated/α-hetero) is 1. The van der Waals surface area contributed by atoms with Crippen molar-refractivity contribution in [2.24, 2.45) is 0 Å². The number of pyridine rings is 1. The first-order chi connectivity index (χ1) is 8.31. The fourth-order valence-corrected chi connectivity index (χ4v) is 1.91. The van der Waals surface area contributed by atoms with Crippen molar-refractivity contribution in [2.75, 3.05) is 24.6 Å². The van der Waals surface area contributed by atoms with Crippen LogP contribution in [0, 0.1) is 0 Å². The van der Waals surface area contributed by atoms with Crippen LogP contribution in [-0.4, -0.2) is 30.5 Å². The summed E-state index contributed by atoms with van der Waals surface area (Å²) in [6.07, 6.45) is 3.98. The highest BCUT2D eigenvalue weighted by Crippen LogP contribution is 2.27. The van der Waals surface area contributed by atoms with Crippen LogP contribution < -0.4 is 9.64 Å². The number of hydrogen-bond donors (Lipinski definition) is 0. The van der Waals surface area contributed by atoms with Crippen LogP contribution >= 0.6 is 0 Å². The van der Waals surface area contributed by atoms with Crippen molar-refractivity contribution in [2.45, 2.75) is 26.2 Å². The Kier molecular flexibility index (Phi) is 3.96. The lowest BCUT2D eigenvalue weighted by Gasteiger charge is -2.28. The number of aromatic nitrogens is 1. The molecule has 0 aromatic carbocycles. The Labute approximate surface area is 102 Å². The molecule has 1 fully saturated rings. The molecule has 0 amide bonds. The molecule has 0 aliphatic carbocycles. The van der Waals surface area contributed by atoms with E-state index < -0.39 is 0 Å². The molecule has 0 spiro atoms. The van der Waals surface area contributed by atoms with Crippen molar-refractivity contribution in [1.82, 2.24) is 4.98 Å². The van der Waals surface area contributed by atoms with E-state index in [2.05, 4.69) is 16.8 Å². The molecule has 92 valence electrons. The van der Waals surface area contributed by atoms with Gasteiger partial charge >= 0.3 is 0 Å². The van der Waals surface area contributed by atoms with Crippen molar-refractivity contribution >= 4 is 11.6 Å². The number of carbonyl (C=O) groups excluding carboxylic acids is 1. The van der Waals surface area contributed by atoms with E-state index in [4.69, 9.17) is 4.74 Å². The minimum atomic E-state index is 0.341. The summed E-state index contributed by atoms with van der Waals surface area (Å²) >= 11 is 0. The highest BCUT2D eigenvalue weighted by atomic mass is 16.5. The van der Waals surface area contributed by atoms with Crippen LogP contribution in [0.5, 0.6) is 5.75 Å². The van der Waals surface area contributed by atoms with Crippen molar-refractivity contribution in [3.05, 3.63) is 18.3 Å². The molecule has 0 atom stereocenters. The first kappa shape index (κ1) is 11.9. The highest BCUT2D eigenvalue weighted by Gasteiger charge is 2.20. The molecular weight excluding hydrogens is 216 g/mol. The number of rotatable bonds is 4. The third-order valence-electron chi connectivity index (χ3n) is 2.83. The van der Waals surface area contributed by atoms with Gasteiger partial charge in [0.05, 0.1) is 6.61 Å². The first-order valence-corrected chi connectivity index (χ1v) is 6.15. The summed E-state index contributed by atoms with van der Waals surface area (Å²) in [5.41, 5.74) is 0. The van der Waals surface area contributed by atoms with Gasteiger partial charge in [-0.25, -0.2) is 4.98 Å². The molecule has 1 aliphatic rings. The molecule has 4 heteroatoms. The maximum atomic E-state index is 11.2.